The Kier molecular flexibility index (Phi) is 54.3. The molecular formula is C64H130O5Sn2. The zero-order valence-corrected chi connectivity index (χ0v) is 55.7. The zero-order chi connectivity index (χ0) is 52.2. The molecule has 0 radical (unpaired) electrons. The van der Waals surface area contributed by atoms with Crippen LogP contribution >= 0.6 is 0 Å². The van der Waals surface area contributed by atoms with Gasteiger partial charge in [-0.2, -0.15) is 0 Å². The molecule has 0 aliphatic rings. The quantitative estimate of drug-likeness (QED) is 0.0449. The second-order valence-electron chi connectivity index (χ2n) is 23.0. The molecule has 0 N–H and O–H groups in total. The first-order chi connectivity index (χ1) is 34.8. The molecule has 2 atom stereocenters. The Labute approximate surface area is 457 Å². The summed E-state index contributed by atoms with van der Waals surface area (Å²) >= 11 is -8.51. The minimum absolute atomic E-state index is 0.0367. The van der Waals surface area contributed by atoms with Gasteiger partial charge in [0.15, 0.2) is 0 Å². The van der Waals surface area contributed by atoms with Gasteiger partial charge in [0.2, 0.25) is 0 Å². The van der Waals surface area contributed by atoms with Crippen molar-refractivity contribution in [1.82, 2.24) is 0 Å². The van der Waals surface area contributed by atoms with E-state index in [1.807, 2.05) is 0 Å². The van der Waals surface area contributed by atoms with Crippen LogP contribution in [-0.4, -0.2) is 50.3 Å². The van der Waals surface area contributed by atoms with E-state index in [0.29, 0.717) is 0 Å². The molecule has 2 unspecified atom stereocenters. The van der Waals surface area contributed by atoms with E-state index < -0.39 is 38.4 Å². The molecule has 5 nitrogen and oxygen atoms in total. The number of carbonyl (C=O) groups excluding carboxylic acids is 2. The van der Waals surface area contributed by atoms with E-state index in [2.05, 4.69) is 55.4 Å². The van der Waals surface area contributed by atoms with Crippen molar-refractivity contribution in [2.75, 3.05) is 0 Å². The van der Waals surface area contributed by atoms with Crippen LogP contribution in [-0.2, 0) is 17.1 Å². The monoisotopic (exact) mass is 1220 g/mol. The van der Waals surface area contributed by atoms with Gasteiger partial charge in [-0.1, -0.05) is 0 Å². The van der Waals surface area contributed by atoms with Gasteiger partial charge in [-0.15, -0.1) is 0 Å². The molecule has 71 heavy (non-hydrogen) atoms. The van der Waals surface area contributed by atoms with Crippen molar-refractivity contribution < 1.29 is 17.1 Å². The summed E-state index contributed by atoms with van der Waals surface area (Å²) in [6.45, 7) is 18.1. The van der Waals surface area contributed by atoms with Crippen molar-refractivity contribution in [3.8, 4) is 0 Å². The molecule has 424 valence electrons. The van der Waals surface area contributed by atoms with Gasteiger partial charge in [-0.3, -0.25) is 0 Å². The van der Waals surface area contributed by atoms with Gasteiger partial charge in [0, 0.05) is 0 Å². The molecule has 0 saturated heterocycles. The summed E-state index contributed by atoms with van der Waals surface area (Å²) in [6, 6.07) is 0. The fourth-order valence-electron chi connectivity index (χ4n) is 11.0. The summed E-state index contributed by atoms with van der Waals surface area (Å²) in [4.78, 5) is 29.6. The van der Waals surface area contributed by atoms with Crippen molar-refractivity contribution in [2.45, 2.75) is 381 Å². The average molecular weight is 1220 g/mol. The predicted octanol–water partition coefficient (Wildman–Crippen LogP) is 23.1. The molecule has 0 aliphatic heterocycles. The van der Waals surface area contributed by atoms with Crippen LogP contribution in [0.15, 0.2) is 0 Å². The Hall–Kier alpha value is 0.497. The Morgan fingerprint density at radius 3 is 0.634 bits per heavy atom. The molecule has 0 aromatic rings. The maximum atomic E-state index is 14.8. The first-order valence-corrected chi connectivity index (χ1v) is 45.6. The van der Waals surface area contributed by atoms with Crippen LogP contribution in [0.2, 0.25) is 17.7 Å². The molecule has 0 spiro atoms. The minimum atomic E-state index is -4.25. The Morgan fingerprint density at radius 2 is 0.451 bits per heavy atom. The molecular weight excluding hydrogens is 1090 g/mol. The molecule has 0 amide bonds. The van der Waals surface area contributed by atoms with Crippen LogP contribution in [0.1, 0.15) is 364 Å². The van der Waals surface area contributed by atoms with Crippen LogP contribution in [0.4, 0.5) is 0 Å². The SMILES string of the molecule is CCCCCCCCCCC[CH2][Sn]([CH2]CCCCCCCCCCC)([O]C(=O)C(CC)CCCC)[O][Sn]([CH2]CCCCCCCCCCC)([CH2]CCCCCCCCCCC)[O]C(=O)C(CC)CCCC. The van der Waals surface area contributed by atoms with E-state index in [0.717, 1.165) is 94.8 Å². The molecule has 0 saturated carbocycles. The van der Waals surface area contributed by atoms with E-state index in [1.165, 1.54) is 231 Å². The predicted molar refractivity (Wildman–Crippen MR) is 318 cm³/mol. The van der Waals surface area contributed by atoms with Crippen LogP contribution in [0, 0.1) is 11.8 Å². The third kappa shape index (κ3) is 42.2. The number of unbranched alkanes of at least 4 members (excludes halogenated alkanes) is 38. The summed E-state index contributed by atoms with van der Waals surface area (Å²) in [5.74, 6) is -0.0568. The summed E-state index contributed by atoms with van der Waals surface area (Å²) in [5, 5.41) is 0. The number of hydrogen-bond donors (Lipinski definition) is 0. The molecule has 0 aromatic carbocycles. The van der Waals surface area contributed by atoms with E-state index in [9.17, 15) is 9.59 Å². The standard InChI is InChI=1S/4C12H25.2C8H16O2.O.2Sn/c4*1-3-5-7-9-11-12-10-8-6-4-2;2*1-3-5-6-7(4-2)8(9)10;;;/h4*1,3-12H2,2H3;2*7H,3-6H2,1-2H3,(H,9,10);;;/q;;;;;;;2*+1/p-2. The average Bonchev–Trinajstić information content (AvgIpc) is 3.36. The van der Waals surface area contributed by atoms with Gasteiger partial charge >= 0.3 is 461 Å². The van der Waals surface area contributed by atoms with E-state index in [4.69, 9.17) is 7.56 Å². The molecule has 0 rings (SSSR count). The van der Waals surface area contributed by atoms with E-state index >= 15 is 0 Å². The van der Waals surface area contributed by atoms with Crippen molar-refractivity contribution in [3.05, 3.63) is 0 Å². The third-order valence-electron chi connectivity index (χ3n) is 16.1. The van der Waals surface area contributed by atoms with Crippen molar-refractivity contribution >= 4 is 50.3 Å². The third-order valence-corrected chi connectivity index (χ3v) is 48.4. The first-order valence-electron chi connectivity index (χ1n) is 32.9. The topological polar surface area (TPSA) is 61.8 Å². The summed E-state index contributed by atoms with van der Waals surface area (Å²) in [5.41, 5.74) is 0. The van der Waals surface area contributed by atoms with Crippen LogP contribution in [0.3, 0.4) is 0 Å². The number of rotatable bonds is 58. The van der Waals surface area contributed by atoms with E-state index in [1.54, 1.807) is 0 Å². The van der Waals surface area contributed by atoms with Crippen molar-refractivity contribution in [3.63, 3.8) is 0 Å². The second-order valence-corrected chi connectivity index (χ2v) is 44.7. The van der Waals surface area contributed by atoms with Gasteiger partial charge in [-0.25, -0.2) is 0 Å². The summed E-state index contributed by atoms with van der Waals surface area (Å²) in [7, 11) is 0. The molecule has 0 fully saturated rings. The summed E-state index contributed by atoms with van der Waals surface area (Å²) in [6.07, 6.45) is 59.5. The molecule has 0 aliphatic carbocycles. The van der Waals surface area contributed by atoms with Crippen LogP contribution in [0.5, 0.6) is 0 Å². The second kappa shape index (κ2) is 53.9. The van der Waals surface area contributed by atoms with Gasteiger partial charge < -0.3 is 0 Å². The van der Waals surface area contributed by atoms with Crippen molar-refractivity contribution in [1.29, 1.82) is 0 Å². The van der Waals surface area contributed by atoms with E-state index in [-0.39, 0.29) is 23.8 Å². The summed E-state index contributed by atoms with van der Waals surface area (Å²) < 4.78 is 26.7. The molecule has 0 heterocycles. The number of carbonyl (C=O) groups is 2. The normalized spacial score (nSPS) is 13.0. The van der Waals surface area contributed by atoms with Gasteiger partial charge in [-0.05, 0) is 0 Å². The Balaban J connectivity index is 7.07. The zero-order valence-electron chi connectivity index (χ0n) is 50.0. The van der Waals surface area contributed by atoms with Gasteiger partial charge in [0.05, 0.1) is 0 Å². The molecule has 0 bridgehead atoms. The van der Waals surface area contributed by atoms with Gasteiger partial charge in [0.1, 0.15) is 0 Å². The van der Waals surface area contributed by atoms with Crippen molar-refractivity contribution in [2.24, 2.45) is 11.8 Å². The van der Waals surface area contributed by atoms with Crippen LogP contribution < -0.4 is 0 Å². The molecule has 0 aromatic heterocycles. The molecule has 7 heteroatoms. The Bertz CT molecular complexity index is 985. The maximum absolute atomic E-state index is 14.8. The first kappa shape index (κ1) is 71.5. The van der Waals surface area contributed by atoms with Gasteiger partial charge in [0.25, 0.3) is 0 Å². The number of hydrogen-bond acceptors (Lipinski definition) is 5. The fraction of sp³-hybridized carbons (Fsp3) is 0.969. The fourth-order valence-corrected chi connectivity index (χ4v) is 51.3. The Morgan fingerprint density at radius 1 is 0.268 bits per heavy atom. The van der Waals surface area contributed by atoms with Crippen LogP contribution in [0.25, 0.3) is 0 Å².